The molecule has 0 atom stereocenters. The predicted molar refractivity (Wildman–Crippen MR) is 88.0 cm³/mol. The van der Waals surface area contributed by atoms with Crippen molar-refractivity contribution in [3.8, 4) is 5.75 Å². The van der Waals surface area contributed by atoms with E-state index >= 15 is 0 Å². The molecule has 1 amide bonds. The van der Waals surface area contributed by atoms with Crippen molar-refractivity contribution in [3.05, 3.63) is 44.5 Å². The first kappa shape index (κ1) is 17.6. The van der Waals surface area contributed by atoms with Gasteiger partial charge in [0, 0.05) is 30.7 Å². The summed E-state index contributed by atoms with van der Waals surface area (Å²) in [6.45, 7) is 1.95. The van der Waals surface area contributed by atoms with Crippen LogP contribution in [0, 0.1) is 14.9 Å². The lowest BCUT2D eigenvalue weighted by Crippen LogP contribution is -2.28. The highest BCUT2D eigenvalue weighted by molar-refractivity contribution is 7.71. The Morgan fingerprint density at radius 3 is 2.96 bits per heavy atom. The maximum atomic E-state index is 12.1. The Balaban J connectivity index is 2.04. The molecule has 1 aromatic carbocycles. The summed E-state index contributed by atoms with van der Waals surface area (Å²) in [5, 5.41) is 29.8. The van der Waals surface area contributed by atoms with Gasteiger partial charge >= 0.3 is 0 Å². The highest BCUT2D eigenvalue weighted by Gasteiger charge is 2.13. The van der Waals surface area contributed by atoms with Gasteiger partial charge in [-0.2, -0.15) is 5.10 Å². The maximum Gasteiger partial charge on any atom is 0.270 e. The smallest absolute Gasteiger partial charge is 0.270 e. The molecule has 3 N–H and O–H groups in total. The van der Waals surface area contributed by atoms with E-state index in [4.69, 9.17) is 12.2 Å². The van der Waals surface area contributed by atoms with Crippen LogP contribution in [-0.2, 0) is 24.3 Å². The third-order valence-electron chi connectivity index (χ3n) is 3.36. The Labute approximate surface area is 142 Å². The quantitative estimate of drug-likeness (QED) is 0.397. The van der Waals surface area contributed by atoms with Crippen molar-refractivity contribution in [2.24, 2.45) is 0 Å². The van der Waals surface area contributed by atoms with Crippen LogP contribution in [0.5, 0.6) is 5.75 Å². The van der Waals surface area contributed by atoms with Gasteiger partial charge in [0.05, 0.1) is 4.92 Å². The number of hydrogen-bond acceptors (Lipinski definition) is 6. The monoisotopic (exact) mass is 351 g/mol. The highest BCUT2D eigenvalue weighted by atomic mass is 32.1. The summed E-state index contributed by atoms with van der Waals surface area (Å²) in [6, 6.07) is 3.65. The lowest BCUT2D eigenvalue weighted by Gasteiger charge is -2.09. The fraction of sp³-hybridized carbons (Fsp3) is 0.357. The number of aryl methyl sites for hydroxylation is 1. The molecule has 1 heterocycles. The van der Waals surface area contributed by atoms with Crippen LogP contribution >= 0.6 is 12.2 Å². The Hall–Kier alpha value is -2.75. The lowest BCUT2D eigenvalue weighted by molar-refractivity contribution is -0.384. The van der Waals surface area contributed by atoms with Crippen molar-refractivity contribution < 1.29 is 14.8 Å². The number of hydrogen-bond donors (Lipinski definition) is 3. The van der Waals surface area contributed by atoms with Crippen molar-refractivity contribution in [1.82, 2.24) is 20.1 Å². The van der Waals surface area contributed by atoms with Crippen molar-refractivity contribution in [2.75, 3.05) is 0 Å². The van der Waals surface area contributed by atoms with E-state index in [1.807, 2.05) is 6.92 Å². The van der Waals surface area contributed by atoms with E-state index in [1.54, 1.807) is 4.57 Å². The number of carbonyl (C=O) groups excluding carboxylic acids is 1. The number of benzene rings is 1. The van der Waals surface area contributed by atoms with E-state index in [-0.39, 0.29) is 36.0 Å². The van der Waals surface area contributed by atoms with Gasteiger partial charge < -0.3 is 10.4 Å². The zero-order valence-corrected chi connectivity index (χ0v) is 13.8. The van der Waals surface area contributed by atoms with Gasteiger partial charge in [-0.3, -0.25) is 24.6 Å². The fourth-order valence-corrected chi connectivity index (χ4v) is 2.36. The number of aromatic hydroxyl groups is 1. The SMILES string of the molecule is CCCc1n[nH]c(=S)n1CC(=O)NCc1cc([N+](=O)[O-])ccc1O. The van der Waals surface area contributed by atoms with Crippen LogP contribution in [0.1, 0.15) is 24.7 Å². The van der Waals surface area contributed by atoms with Gasteiger partial charge in [-0.25, -0.2) is 0 Å². The summed E-state index contributed by atoms with van der Waals surface area (Å²) in [7, 11) is 0. The number of carbonyl (C=O) groups is 1. The van der Waals surface area contributed by atoms with E-state index in [1.165, 1.54) is 18.2 Å². The number of nitro groups is 1. The number of nitro benzene ring substituents is 1. The number of aromatic amines is 1. The number of rotatable bonds is 7. The molecule has 0 spiro atoms. The predicted octanol–water partition coefficient (Wildman–Crippen LogP) is 1.82. The van der Waals surface area contributed by atoms with Crippen LogP contribution in [-0.4, -0.2) is 30.7 Å². The normalized spacial score (nSPS) is 10.5. The lowest BCUT2D eigenvalue weighted by atomic mass is 10.2. The molecule has 0 radical (unpaired) electrons. The van der Waals surface area contributed by atoms with Gasteiger partial charge in [0.2, 0.25) is 5.91 Å². The molecule has 0 saturated carbocycles. The zero-order valence-electron chi connectivity index (χ0n) is 13.0. The van der Waals surface area contributed by atoms with E-state index in [9.17, 15) is 20.0 Å². The molecule has 0 saturated heterocycles. The minimum atomic E-state index is -0.563. The minimum Gasteiger partial charge on any atom is -0.508 e. The molecule has 0 aliphatic carbocycles. The summed E-state index contributed by atoms with van der Waals surface area (Å²) in [5.74, 6) is 0.235. The standard InChI is InChI=1S/C14H17N5O4S/c1-2-3-12-16-17-14(24)18(12)8-13(21)15-7-9-6-10(19(22)23)4-5-11(9)20/h4-6,20H,2-3,7-8H2,1H3,(H,15,21)(H,17,24). The minimum absolute atomic E-state index is 0.0135. The van der Waals surface area contributed by atoms with Gasteiger partial charge in [0.1, 0.15) is 18.1 Å². The Kier molecular flexibility index (Phi) is 5.64. The second-order valence-corrected chi connectivity index (χ2v) is 5.51. The number of H-pyrrole nitrogens is 1. The van der Waals surface area contributed by atoms with Gasteiger partial charge in [-0.15, -0.1) is 0 Å². The molecule has 0 bridgehead atoms. The second-order valence-electron chi connectivity index (χ2n) is 5.13. The third-order valence-corrected chi connectivity index (χ3v) is 3.67. The number of amides is 1. The topological polar surface area (TPSA) is 126 Å². The van der Waals surface area contributed by atoms with Gasteiger partial charge in [0.25, 0.3) is 5.69 Å². The molecular weight excluding hydrogens is 334 g/mol. The number of phenols is 1. The zero-order chi connectivity index (χ0) is 17.7. The van der Waals surface area contributed by atoms with Crippen LogP contribution in [0.4, 0.5) is 5.69 Å². The van der Waals surface area contributed by atoms with Gasteiger partial charge in [-0.1, -0.05) is 6.92 Å². The number of aromatic nitrogens is 3. The first-order valence-electron chi connectivity index (χ1n) is 7.29. The average molecular weight is 351 g/mol. The maximum absolute atomic E-state index is 12.1. The van der Waals surface area contributed by atoms with Crippen molar-refractivity contribution >= 4 is 23.8 Å². The molecule has 9 nitrogen and oxygen atoms in total. The molecule has 2 rings (SSSR count). The molecule has 0 fully saturated rings. The molecule has 0 aliphatic heterocycles. The summed E-state index contributed by atoms with van der Waals surface area (Å²) in [5.41, 5.74) is 0.112. The van der Waals surface area contributed by atoms with Gasteiger partial charge in [0.15, 0.2) is 4.77 Å². The van der Waals surface area contributed by atoms with Gasteiger partial charge in [-0.05, 0) is 24.7 Å². The van der Waals surface area contributed by atoms with Crippen molar-refractivity contribution in [2.45, 2.75) is 32.9 Å². The molecule has 1 aromatic heterocycles. The van der Waals surface area contributed by atoms with E-state index < -0.39 is 4.92 Å². The van der Waals surface area contributed by atoms with E-state index in [2.05, 4.69) is 15.5 Å². The highest BCUT2D eigenvalue weighted by Crippen LogP contribution is 2.22. The van der Waals surface area contributed by atoms with E-state index in [0.29, 0.717) is 17.0 Å². The number of nitrogens with zero attached hydrogens (tertiary/aromatic N) is 3. The Bertz CT molecular complexity index is 814. The number of phenolic OH excluding ortho intramolecular Hbond substituents is 1. The molecule has 0 aliphatic rings. The number of nitrogens with one attached hydrogen (secondary N) is 2. The molecule has 128 valence electrons. The fourth-order valence-electron chi connectivity index (χ4n) is 2.15. The summed E-state index contributed by atoms with van der Waals surface area (Å²) in [4.78, 5) is 22.3. The van der Waals surface area contributed by atoms with Crippen LogP contribution in [0.3, 0.4) is 0 Å². The largest absolute Gasteiger partial charge is 0.508 e. The van der Waals surface area contributed by atoms with Crippen LogP contribution in [0.15, 0.2) is 18.2 Å². The first-order chi connectivity index (χ1) is 11.4. The van der Waals surface area contributed by atoms with E-state index in [0.717, 1.165) is 6.42 Å². The Morgan fingerprint density at radius 1 is 1.54 bits per heavy atom. The summed E-state index contributed by atoms with van der Waals surface area (Å²) in [6.07, 6.45) is 1.55. The van der Waals surface area contributed by atoms with Crippen molar-refractivity contribution in [1.29, 1.82) is 0 Å². The van der Waals surface area contributed by atoms with Crippen LogP contribution < -0.4 is 5.32 Å². The summed E-state index contributed by atoms with van der Waals surface area (Å²) < 4.78 is 1.95. The number of non-ortho nitro benzene ring substituents is 1. The average Bonchev–Trinajstić information content (AvgIpc) is 2.87. The van der Waals surface area contributed by atoms with Crippen LogP contribution in [0.25, 0.3) is 0 Å². The molecular formula is C14H17N5O4S. The van der Waals surface area contributed by atoms with Crippen molar-refractivity contribution in [3.63, 3.8) is 0 Å². The second kappa shape index (κ2) is 7.68. The molecule has 10 heteroatoms. The molecule has 0 unspecified atom stereocenters. The molecule has 2 aromatic rings. The summed E-state index contributed by atoms with van der Waals surface area (Å²) >= 11 is 5.10. The first-order valence-corrected chi connectivity index (χ1v) is 7.70. The van der Waals surface area contributed by atoms with Crippen LogP contribution in [0.2, 0.25) is 0 Å². The Morgan fingerprint density at radius 2 is 2.29 bits per heavy atom. The molecule has 24 heavy (non-hydrogen) atoms. The third kappa shape index (κ3) is 4.16.